The molecular formula is C25H35N3O7S. The van der Waals surface area contributed by atoms with Crippen LogP contribution in [0, 0.1) is 11.8 Å². The average molecular weight is 522 g/mol. The Morgan fingerprint density at radius 3 is 2.44 bits per heavy atom. The highest BCUT2D eigenvalue weighted by molar-refractivity contribution is 8.03. The Kier molecular flexibility index (Phi) is 9.61. The van der Waals surface area contributed by atoms with E-state index in [-0.39, 0.29) is 60.8 Å². The Morgan fingerprint density at radius 2 is 1.89 bits per heavy atom. The molecular weight excluding hydrogens is 486 g/mol. The summed E-state index contributed by atoms with van der Waals surface area (Å²) >= 11 is 1.53. The number of ether oxygens (including phenoxy) is 2. The van der Waals surface area contributed by atoms with Crippen molar-refractivity contribution in [2.24, 2.45) is 11.8 Å². The molecule has 5 atom stereocenters. The highest BCUT2D eigenvalue weighted by Crippen LogP contribution is 2.50. The van der Waals surface area contributed by atoms with Gasteiger partial charge in [-0.2, -0.15) is 0 Å². The van der Waals surface area contributed by atoms with E-state index in [2.05, 4.69) is 18.5 Å². The molecule has 2 N–H and O–H groups in total. The van der Waals surface area contributed by atoms with Crippen molar-refractivity contribution >= 4 is 35.6 Å². The number of likely N-dealkylation sites (tertiary alicyclic amines) is 1. The third-order valence-electron chi connectivity index (χ3n) is 6.65. The highest BCUT2D eigenvalue weighted by Gasteiger charge is 2.53. The molecule has 4 aliphatic rings. The summed E-state index contributed by atoms with van der Waals surface area (Å²) < 4.78 is 10.5. The van der Waals surface area contributed by atoms with Crippen LogP contribution in [0.2, 0.25) is 0 Å². The number of amides is 3. The van der Waals surface area contributed by atoms with Crippen LogP contribution in [0.15, 0.2) is 35.9 Å². The fraction of sp³-hybridized carbons (Fsp3) is 0.600. The largest absolute Gasteiger partial charge is 0.457 e. The van der Waals surface area contributed by atoms with Crippen molar-refractivity contribution in [3.8, 4) is 0 Å². The van der Waals surface area contributed by atoms with Crippen LogP contribution in [0.3, 0.4) is 0 Å². The lowest BCUT2D eigenvalue weighted by Crippen LogP contribution is -2.51. The maximum atomic E-state index is 12.8. The zero-order valence-corrected chi connectivity index (χ0v) is 21.6. The van der Waals surface area contributed by atoms with Crippen molar-refractivity contribution in [1.29, 1.82) is 0 Å². The number of rotatable bonds is 9. The van der Waals surface area contributed by atoms with Crippen LogP contribution in [0.25, 0.3) is 0 Å². The Bertz CT molecular complexity index is 937. The molecule has 0 aliphatic carbocycles. The van der Waals surface area contributed by atoms with E-state index in [4.69, 9.17) is 14.6 Å². The van der Waals surface area contributed by atoms with E-state index in [9.17, 15) is 19.2 Å². The molecule has 0 saturated carbocycles. The maximum Gasteiger partial charge on any atom is 0.410 e. The SMILES string of the molecule is C=CCOC(=O)C1=C(SC2C[C@@H](CC3CNC3=O)N(C(=O)OCC=C)C2)C(C)C2CC(=O)N12.CCO. The molecule has 4 rings (SSSR count). The van der Waals surface area contributed by atoms with Gasteiger partial charge in [0.15, 0.2) is 0 Å². The number of esters is 1. The summed E-state index contributed by atoms with van der Waals surface area (Å²) in [5.74, 6) is -0.697. The second kappa shape index (κ2) is 12.4. The number of carbonyl (C=O) groups is 4. The fourth-order valence-electron chi connectivity index (χ4n) is 4.85. The van der Waals surface area contributed by atoms with Crippen LogP contribution in [0.4, 0.5) is 4.79 Å². The van der Waals surface area contributed by atoms with Crippen molar-refractivity contribution in [2.45, 2.75) is 50.4 Å². The average Bonchev–Trinajstić information content (AvgIpc) is 3.35. The molecule has 4 heterocycles. The van der Waals surface area contributed by atoms with Crippen molar-refractivity contribution in [1.82, 2.24) is 15.1 Å². The number of aliphatic hydroxyl groups is 1. The number of nitrogens with zero attached hydrogens (tertiary/aromatic N) is 2. The molecule has 11 heteroatoms. The van der Waals surface area contributed by atoms with Crippen LogP contribution in [-0.4, -0.2) is 89.0 Å². The number of aliphatic hydroxyl groups excluding tert-OH is 1. The molecule has 10 nitrogen and oxygen atoms in total. The van der Waals surface area contributed by atoms with E-state index < -0.39 is 12.1 Å². The van der Waals surface area contributed by atoms with Gasteiger partial charge in [0, 0.05) is 48.2 Å². The first kappa shape index (κ1) is 27.8. The molecule has 4 unspecified atom stereocenters. The number of hydrogen-bond donors (Lipinski definition) is 2. The Balaban J connectivity index is 0.00000115. The lowest BCUT2D eigenvalue weighted by molar-refractivity contribution is -0.150. The lowest BCUT2D eigenvalue weighted by Gasteiger charge is -2.37. The highest BCUT2D eigenvalue weighted by atomic mass is 32.2. The molecule has 4 aliphatic heterocycles. The third kappa shape index (κ3) is 5.78. The van der Waals surface area contributed by atoms with Crippen LogP contribution >= 0.6 is 11.8 Å². The molecule has 3 fully saturated rings. The van der Waals surface area contributed by atoms with E-state index in [0.717, 1.165) is 4.91 Å². The minimum atomic E-state index is -0.525. The van der Waals surface area contributed by atoms with Crippen molar-refractivity contribution in [2.75, 3.05) is 32.9 Å². The molecule has 36 heavy (non-hydrogen) atoms. The zero-order chi connectivity index (χ0) is 26.4. The monoisotopic (exact) mass is 521 g/mol. The van der Waals surface area contributed by atoms with Crippen LogP contribution < -0.4 is 5.32 Å². The minimum Gasteiger partial charge on any atom is -0.457 e. The molecule has 0 aromatic rings. The lowest BCUT2D eigenvalue weighted by atomic mass is 9.92. The summed E-state index contributed by atoms with van der Waals surface area (Å²) in [5, 5.41) is 10.3. The summed E-state index contributed by atoms with van der Waals surface area (Å²) in [6.07, 6.45) is 4.23. The van der Waals surface area contributed by atoms with Gasteiger partial charge >= 0.3 is 12.1 Å². The van der Waals surface area contributed by atoms with Gasteiger partial charge in [0.25, 0.3) is 0 Å². The zero-order valence-electron chi connectivity index (χ0n) is 20.8. The fourth-order valence-corrected chi connectivity index (χ4v) is 6.43. The van der Waals surface area contributed by atoms with Gasteiger partial charge in [-0.15, -0.1) is 11.8 Å². The maximum absolute atomic E-state index is 12.8. The Morgan fingerprint density at radius 1 is 1.22 bits per heavy atom. The summed E-state index contributed by atoms with van der Waals surface area (Å²) in [5.41, 5.74) is 0.318. The van der Waals surface area contributed by atoms with E-state index >= 15 is 0 Å². The summed E-state index contributed by atoms with van der Waals surface area (Å²) in [4.78, 5) is 53.6. The molecule has 0 aromatic carbocycles. The molecule has 0 aromatic heterocycles. The van der Waals surface area contributed by atoms with Gasteiger partial charge in [-0.25, -0.2) is 9.59 Å². The van der Waals surface area contributed by atoms with Crippen LogP contribution in [0.1, 0.15) is 33.1 Å². The Hall–Kier alpha value is -2.79. The number of β-lactam (4-membered cyclic amide) rings is 2. The topological polar surface area (TPSA) is 125 Å². The molecule has 3 amide bonds. The van der Waals surface area contributed by atoms with Crippen molar-refractivity contribution < 1.29 is 33.8 Å². The molecule has 0 radical (unpaired) electrons. The second-order valence-corrected chi connectivity index (χ2v) is 10.4. The van der Waals surface area contributed by atoms with E-state index in [1.807, 2.05) is 6.92 Å². The third-order valence-corrected chi connectivity index (χ3v) is 8.15. The van der Waals surface area contributed by atoms with Gasteiger partial charge in [0.2, 0.25) is 11.8 Å². The van der Waals surface area contributed by atoms with Crippen LogP contribution in [0.5, 0.6) is 0 Å². The first-order valence-electron chi connectivity index (χ1n) is 12.2. The van der Waals surface area contributed by atoms with E-state index in [1.165, 1.54) is 23.9 Å². The first-order valence-corrected chi connectivity index (χ1v) is 13.1. The molecule has 0 spiro atoms. The van der Waals surface area contributed by atoms with Gasteiger partial charge in [-0.1, -0.05) is 32.2 Å². The first-order chi connectivity index (χ1) is 17.3. The minimum absolute atomic E-state index is 0.00266. The standard InChI is InChI=1S/C23H29N3O6S.C2H6O/c1-4-6-31-22(29)19-20(13(3)17-10-18(27)26(17)19)33-16-9-15(8-14-11-24-21(14)28)25(12-16)23(30)32-7-5-2;1-2-3/h4-5,13-17H,1-2,6-12H2,3H3,(H,24,28);3H,2H2,1H3/t13?,14?,15-,16?,17?;/m1./s1. The normalized spacial score (nSPS) is 28.2. The second-order valence-electron chi connectivity index (χ2n) is 9.07. The van der Waals surface area contributed by atoms with Crippen molar-refractivity contribution in [3.63, 3.8) is 0 Å². The smallest absolute Gasteiger partial charge is 0.410 e. The van der Waals surface area contributed by atoms with Gasteiger partial charge < -0.3 is 29.7 Å². The van der Waals surface area contributed by atoms with Gasteiger partial charge in [0.1, 0.15) is 18.9 Å². The van der Waals surface area contributed by atoms with E-state index in [1.54, 1.807) is 16.7 Å². The van der Waals surface area contributed by atoms with Crippen molar-refractivity contribution in [3.05, 3.63) is 35.9 Å². The van der Waals surface area contributed by atoms with Gasteiger partial charge in [-0.3, -0.25) is 9.59 Å². The summed E-state index contributed by atoms with van der Waals surface area (Å²) in [7, 11) is 0. The molecule has 0 bridgehead atoms. The Labute approximate surface area is 215 Å². The number of nitrogens with one attached hydrogen (secondary N) is 1. The van der Waals surface area contributed by atoms with Gasteiger partial charge in [-0.05, 0) is 19.8 Å². The number of fused-ring (bicyclic) bond motifs is 1. The van der Waals surface area contributed by atoms with Gasteiger partial charge in [0.05, 0.1) is 12.0 Å². The summed E-state index contributed by atoms with van der Waals surface area (Å²) in [6, 6.07) is -0.168. The predicted molar refractivity (Wildman–Crippen MR) is 135 cm³/mol. The molecule has 198 valence electrons. The predicted octanol–water partition coefficient (Wildman–Crippen LogP) is 1.81. The number of thioether (sulfide) groups is 1. The number of hydrogen-bond acceptors (Lipinski definition) is 8. The number of carbonyl (C=O) groups excluding carboxylic acids is 4. The quantitative estimate of drug-likeness (QED) is 0.267. The van der Waals surface area contributed by atoms with E-state index in [0.29, 0.717) is 38.0 Å². The summed E-state index contributed by atoms with van der Waals surface area (Å²) in [6.45, 7) is 12.3. The molecule has 3 saturated heterocycles. The van der Waals surface area contributed by atoms with Crippen LogP contribution in [-0.2, 0) is 23.9 Å².